The molecule has 1 amide bonds. The summed E-state index contributed by atoms with van der Waals surface area (Å²) in [6.07, 6.45) is 7.15. The maximum atomic E-state index is 12.2. The number of hydrogen-bond donors (Lipinski definition) is 1. The molecule has 2 aliphatic rings. The number of rotatable bonds is 2. The van der Waals surface area contributed by atoms with Crippen molar-refractivity contribution in [3.8, 4) is 0 Å². The van der Waals surface area contributed by atoms with Crippen molar-refractivity contribution in [2.45, 2.75) is 44.6 Å². The third-order valence-electron chi connectivity index (χ3n) is 3.88. The lowest BCUT2D eigenvalue weighted by Gasteiger charge is -2.30. The van der Waals surface area contributed by atoms with Crippen molar-refractivity contribution in [3.05, 3.63) is 0 Å². The first-order chi connectivity index (χ1) is 7.29. The van der Waals surface area contributed by atoms with Gasteiger partial charge in [-0.3, -0.25) is 4.79 Å². The molecule has 86 valence electrons. The van der Waals surface area contributed by atoms with Gasteiger partial charge >= 0.3 is 0 Å². The summed E-state index contributed by atoms with van der Waals surface area (Å²) in [5.74, 6) is 0.716. The molecule has 0 spiro atoms. The zero-order chi connectivity index (χ0) is 10.7. The Morgan fingerprint density at radius 3 is 2.53 bits per heavy atom. The van der Waals surface area contributed by atoms with E-state index in [1.165, 1.54) is 19.3 Å². The average Bonchev–Trinajstić information content (AvgIpc) is 2.82. The highest BCUT2D eigenvalue weighted by Gasteiger charge is 2.29. The minimum Gasteiger partial charge on any atom is -0.341 e. The van der Waals surface area contributed by atoms with Crippen LogP contribution in [0.25, 0.3) is 0 Å². The van der Waals surface area contributed by atoms with Crippen molar-refractivity contribution in [3.63, 3.8) is 0 Å². The first-order valence-corrected chi connectivity index (χ1v) is 6.26. The van der Waals surface area contributed by atoms with Crippen LogP contribution in [-0.4, -0.2) is 37.0 Å². The highest BCUT2D eigenvalue weighted by atomic mass is 16.2. The van der Waals surface area contributed by atoms with Crippen LogP contribution < -0.4 is 5.32 Å². The fraction of sp³-hybridized carbons (Fsp3) is 0.917. The van der Waals surface area contributed by atoms with Gasteiger partial charge < -0.3 is 10.2 Å². The maximum absolute atomic E-state index is 12.2. The van der Waals surface area contributed by atoms with Crippen LogP contribution in [0.3, 0.4) is 0 Å². The Morgan fingerprint density at radius 1 is 1.20 bits per heavy atom. The van der Waals surface area contributed by atoms with Gasteiger partial charge in [0.15, 0.2) is 0 Å². The van der Waals surface area contributed by atoms with Crippen LogP contribution in [0.4, 0.5) is 0 Å². The summed E-state index contributed by atoms with van der Waals surface area (Å²) in [7, 11) is 1.98. The van der Waals surface area contributed by atoms with Gasteiger partial charge in [0.25, 0.3) is 0 Å². The predicted molar refractivity (Wildman–Crippen MR) is 60.6 cm³/mol. The fourth-order valence-corrected chi connectivity index (χ4v) is 2.79. The molecule has 3 heteroatoms. The molecule has 0 aromatic heterocycles. The molecule has 2 fully saturated rings. The second kappa shape index (κ2) is 4.97. The maximum Gasteiger partial charge on any atom is 0.225 e. The third-order valence-corrected chi connectivity index (χ3v) is 3.88. The van der Waals surface area contributed by atoms with Gasteiger partial charge in [-0.25, -0.2) is 0 Å². The van der Waals surface area contributed by atoms with Gasteiger partial charge in [-0.1, -0.05) is 19.3 Å². The van der Waals surface area contributed by atoms with Crippen molar-refractivity contribution in [1.82, 2.24) is 10.2 Å². The van der Waals surface area contributed by atoms with Crippen molar-refractivity contribution < 1.29 is 4.79 Å². The van der Waals surface area contributed by atoms with E-state index in [2.05, 4.69) is 5.32 Å². The highest BCUT2D eigenvalue weighted by molar-refractivity contribution is 5.79. The van der Waals surface area contributed by atoms with E-state index in [9.17, 15) is 4.79 Å². The molecule has 0 aromatic rings. The second-order valence-corrected chi connectivity index (χ2v) is 4.93. The van der Waals surface area contributed by atoms with Gasteiger partial charge in [0.05, 0.1) is 0 Å². The van der Waals surface area contributed by atoms with Gasteiger partial charge in [-0.15, -0.1) is 0 Å². The molecule has 0 aromatic carbocycles. The largest absolute Gasteiger partial charge is 0.341 e. The Balaban J connectivity index is 1.87. The Labute approximate surface area is 92.2 Å². The summed E-state index contributed by atoms with van der Waals surface area (Å²) in [6.45, 7) is 2.04. The molecule has 1 saturated carbocycles. The van der Waals surface area contributed by atoms with Crippen LogP contribution >= 0.6 is 0 Å². The second-order valence-electron chi connectivity index (χ2n) is 4.93. The van der Waals surface area contributed by atoms with E-state index in [1.807, 2.05) is 11.9 Å². The average molecular weight is 210 g/mol. The molecular weight excluding hydrogens is 188 g/mol. The number of nitrogens with one attached hydrogen (secondary N) is 1. The zero-order valence-electron chi connectivity index (χ0n) is 9.67. The molecule has 3 nitrogen and oxygen atoms in total. The highest BCUT2D eigenvalue weighted by Crippen LogP contribution is 2.26. The molecule has 0 radical (unpaired) electrons. The van der Waals surface area contributed by atoms with E-state index < -0.39 is 0 Å². The monoisotopic (exact) mass is 210 g/mol. The number of carbonyl (C=O) groups is 1. The van der Waals surface area contributed by atoms with Gasteiger partial charge in [0, 0.05) is 25.6 Å². The van der Waals surface area contributed by atoms with Crippen LogP contribution in [0.1, 0.15) is 38.5 Å². The van der Waals surface area contributed by atoms with Gasteiger partial charge in [0.1, 0.15) is 0 Å². The van der Waals surface area contributed by atoms with Crippen molar-refractivity contribution >= 4 is 5.91 Å². The van der Waals surface area contributed by atoms with Crippen molar-refractivity contribution in [2.75, 3.05) is 20.1 Å². The lowest BCUT2D eigenvalue weighted by atomic mass is 9.88. The summed E-state index contributed by atoms with van der Waals surface area (Å²) in [4.78, 5) is 14.2. The van der Waals surface area contributed by atoms with Crippen LogP contribution in [0, 0.1) is 5.92 Å². The first kappa shape index (κ1) is 10.9. The predicted octanol–water partition coefficient (Wildman–Crippen LogP) is 1.39. The summed E-state index contributed by atoms with van der Waals surface area (Å²) < 4.78 is 0. The van der Waals surface area contributed by atoms with E-state index in [0.29, 0.717) is 17.9 Å². The molecule has 1 unspecified atom stereocenters. The lowest BCUT2D eigenvalue weighted by molar-refractivity contribution is -0.137. The molecular formula is C12H22N2O. The van der Waals surface area contributed by atoms with E-state index in [-0.39, 0.29) is 0 Å². The van der Waals surface area contributed by atoms with Gasteiger partial charge in [-0.05, 0) is 25.8 Å². The van der Waals surface area contributed by atoms with Crippen LogP contribution in [-0.2, 0) is 4.79 Å². The smallest absolute Gasteiger partial charge is 0.225 e. The summed E-state index contributed by atoms with van der Waals surface area (Å²) in [6, 6.07) is 0.444. The Kier molecular flexibility index (Phi) is 3.62. The molecule has 2 rings (SSSR count). The fourth-order valence-electron chi connectivity index (χ4n) is 2.79. The summed E-state index contributed by atoms with van der Waals surface area (Å²) >= 11 is 0. The lowest BCUT2D eigenvalue weighted by Crippen LogP contribution is -2.42. The van der Waals surface area contributed by atoms with Crippen molar-refractivity contribution in [2.24, 2.45) is 5.92 Å². The van der Waals surface area contributed by atoms with E-state index in [0.717, 1.165) is 32.4 Å². The van der Waals surface area contributed by atoms with Crippen LogP contribution in [0.2, 0.25) is 0 Å². The topological polar surface area (TPSA) is 32.3 Å². The summed E-state index contributed by atoms with van der Waals surface area (Å²) in [5.41, 5.74) is 0. The zero-order valence-corrected chi connectivity index (χ0v) is 9.67. The normalized spacial score (nSPS) is 27.9. The number of hydrogen-bond acceptors (Lipinski definition) is 2. The molecule has 1 atom stereocenters. The molecule has 0 bridgehead atoms. The van der Waals surface area contributed by atoms with Crippen molar-refractivity contribution in [1.29, 1.82) is 0 Å². The third kappa shape index (κ3) is 2.51. The number of likely N-dealkylation sites (N-methyl/N-ethyl adjacent to an activating group) is 1. The van der Waals surface area contributed by atoms with E-state index in [1.54, 1.807) is 0 Å². The SMILES string of the molecule is CN(C(=O)C1CCCCC1)C1CCNC1. The van der Waals surface area contributed by atoms with E-state index >= 15 is 0 Å². The molecule has 1 aliphatic carbocycles. The molecule has 15 heavy (non-hydrogen) atoms. The molecule has 1 N–H and O–H groups in total. The molecule has 1 saturated heterocycles. The molecule has 1 heterocycles. The minimum absolute atomic E-state index is 0.323. The molecule has 1 aliphatic heterocycles. The number of amides is 1. The number of carbonyl (C=O) groups excluding carboxylic acids is 1. The Morgan fingerprint density at radius 2 is 1.93 bits per heavy atom. The van der Waals surface area contributed by atoms with Gasteiger partial charge in [0.2, 0.25) is 5.91 Å². The Hall–Kier alpha value is -0.570. The standard InChI is InChI=1S/C12H22N2O/c1-14(11-7-8-13-9-11)12(15)10-5-3-2-4-6-10/h10-11,13H,2-9H2,1H3. The van der Waals surface area contributed by atoms with Crippen LogP contribution in [0.15, 0.2) is 0 Å². The van der Waals surface area contributed by atoms with Gasteiger partial charge in [-0.2, -0.15) is 0 Å². The Bertz CT molecular complexity index is 218. The number of nitrogens with zero attached hydrogens (tertiary/aromatic N) is 1. The summed E-state index contributed by atoms with van der Waals surface area (Å²) in [5, 5.41) is 3.32. The first-order valence-electron chi connectivity index (χ1n) is 6.26. The van der Waals surface area contributed by atoms with E-state index in [4.69, 9.17) is 0 Å². The quantitative estimate of drug-likeness (QED) is 0.747. The van der Waals surface area contributed by atoms with Crippen LogP contribution in [0.5, 0.6) is 0 Å². The minimum atomic E-state index is 0.323.